The molecule has 2 aromatic carbocycles. The van der Waals surface area contributed by atoms with Crippen LogP contribution in [0.15, 0.2) is 59.4 Å². The lowest BCUT2D eigenvalue weighted by atomic mass is 10.1. The molecule has 0 spiro atoms. The van der Waals surface area contributed by atoms with Gasteiger partial charge in [0.05, 0.1) is 27.4 Å². The number of hydrogen-bond donors (Lipinski definition) is 2. The number of aliphatic hydroxyl groups excluding tert-OH is 1. The maximum atomic E-state index is 12.9. The van der Waals surface area contributed by atoms with Gasteiger partial charge in [-0.1, -0.05) is 24.3 Å². The first-order valence-corrected chi connectivity index (χ1v) is 7.48. The van der Waals surface area contributed by atoms with E-state index < -0.39 is 5.56 Å². The molecular formula is C19H11N3O3. The average Bonchev–Trinajstić information content (AvgIpc) is 3.02. The molecule has 0 aliphatic carbocycles. The first-order valence-electron chi connectivity index (χ1n) is 7.48. The summed E-state index contributed by atoms with van der Waals surface area (Å²) in [6, 6.07) is 16.5. The highest BCUT2D eigenvalue weighted by Crippen LogP contribution is 2.21. The standard InChI is InChI=1S/C19H11N3O3/c20-10-11-9-13(17(24)12-5-1-4-8-16(12)23)19(25)22-15-7-3-2-6-14(15)21-18(11)22/h1-9,23-24H/b17-13-. The van der Waals surface area contributed by atoms with Gasteiger partial charge < -0.3 is 10.2 Å². The van der Waals surface area contributed by atoms with E-state index in [9.17, 15) is 20.3 Å². The number of aromatic nitrogens is 2. The quantitative estimate of drug-likeness (QED) is 0.555. The van der Waals surface area contributed by atoms with E-state index in [1.807, 2.05) is 6.07 Å². The number of phenols is 1. The molecule has 25 heavy (non-hydrogen) atoms. The largest absolute Gasteiger partial charge is 0.507 e. The van der Waals surface area contributed by atoms with Crippen LogP contribution in [0.5, 0.6) is 5.75 Å². The Morgan fingerprint density at radius 2 is 1.84 bits per heavy atom. The topological polar surface area (TPSA) is 98.6 Å². The summed E-state index contributed by atoms with van der Waals surface area (Å²) < 4.78 is 1.30. The highest BCUT2D eigenvalue weighted by atomic mass is 16.3. The van der Waals surface area contributed by atoms with E-state index in [4.69, 9.17) is 0 Å². The van der Waals surface area contributed by atoms with Crippen LogP contribution in [0, 0.1) is 11.3 Å². The highest BCUT2D eigenvalue weighted by Gasteiger charge is 2.15. The van der Waals surface area contributed by atoms with Gasteiger partial charge in [0.2, 0.25) is 0 Å². The third kappa shape index (κ3) is 2.11. The van der Waals surface area contributed by atoms with Crippen LogP contribution in [-0.2, 0) is 0 Å². The number of pyridine rings is 1. The molecule has 0 bridgehead atoms. The second-order valence-electron chi connectivity index (χ2n) is 5.51. The molecule has 6 heteroatoms. The Kier molecular flexibility index (Phi) is 3.15. The van der Waals surface area contributed by atoms with Crippen LogP contribution >= 0.6 is 0 Å². The minimum atomic E-state index is -0.511. The molecule has 120 valence electrons. The van der Waals surface area contributed by atoms with Gasteiger partial charge in [-0.05, 0) is 30.3 Å². The maximum absolute atomic E-state index is 12.9. The van der Waals surface area contributed by atoms with E-state index in [1.54, 1.807) is 36.4 Å². The Morgan fingerprint density at radius 3 is 2.60 bits per heavy atom. The number of nitrogens with zero attached hydrogens (tertiary/aromatic N) is 3. The molecule has 4 rings (SSSR count). The number of fused-ring (bicyclic) bond motifs is 3. The summed E-state index contributed by atoms with van der Waals surface area (Å²) in [5.74, 6) is -0.548. The molecule has 2 N–H and O–H groups in total. The summed E-state index contributed by atoms with van der Waals surface area (Å²) in [4.78, 5) is 17.3. The molecule has 0 saturated carbocycles. The van der Waals surface area contributed by atoms with Gasteiger partial charge >= 0.3 is 0 Å². The van der Waals surface area contributed by atoms with E-state index in [2.05, 4.69) is 4.98 Å². The van der Waals surface area contributed by atoms with Crippen molar-refractivity contribution in [2.75, 3.05) is 0 Å². The van der Waals surface area contributed by atoms with Crippen molar-refractivity contribution >= 4 is 22.4 Å². The third-order valence-electron chi connectivity index (χ3n) is 4.06. The summed E-state index contributed by atoms with van der Waals surface area (Å²) in [7, 11) is 0. The Bertz CT molecular complexity index is 1300. The number of aliphatic hydroxyl groups is 1. The first kappa shape index (κ1) is 14.7. The SMILES string of the molecule is N#Cc1c/c(=C(/O)c2ccccc2O)c(=O)n2c1nc1ccccc12. The summed E-state index contributed by atoms with van der Waals surface area (Å²) in [6.45, 7) is 0. The second-order valence-corrected chi connectivity index (χ2v) is 5.51. The van der Waals surface area contributed by atoms with Crippen LogP contribution in [0.4, 0.5) is 0 Å². The van der Waals surface area contributed by atoms with Crippen molar-refractivity contribution in [3.8, 4) is 11.8 Å². The monoisotopic (exact) mass is 329 g/mol. The number of nitriles is 1. The second kappa shape index (κ2) is 5.35. The summed E-state index contributed by atoms with van der Waals surface area (Å²) in [5.41, 5.74) is 1.13. The fraction of sp³-hybridized carbons (Fsp3) is 0. The van der Waals surface area contributed by atoms with E-state index in [0.717, 1.165) is 0 Å². The predicted molar refractivity (Wildman–Crippen MR) is 92.1 cm³/mol. The molecule has 0 radical (unpaired) electrons. The molecule has 0 aliphatic rings. The molecule has 2 aromatic heterocycles. The van der Waals surface area contributed by atoms with Crippen LogP contribution in [0.1, 0.15) is 11.1 Å². The van der Waals surface area contributed by atoms with Crippen molar-refractivity contribution < 1.29 is 10.2 Å². The summed E-state index contributed by atoms with van der Waals surface area (Å²) in [6.07, 6.45) is 0. The number of aromatic hydroxyl groups is 1. The van der Waals surface area contributed by atoms with E-state index in [0.29, 0.717) is 11.0 Å². The van der Waals surface area contributed by atoms with E-state index in [-0.39, 0.29) is 33.5 Å². The van der Waals surface area contributed by atoms with Crippen LogP contribution in [0.3, 0.4) is 0 Å². The summed E-state index contributed by atoms with van der Waals surface area (Å²) >= 11 is 0. The highest BCUT2D eigenvalue weighted by molar-refractivity contribution is 5.82. The molecule has 4 aromatic rings. The van der Waals surface area contributed by atoms with Crippen molar-refractivity contribution in [3.05, 3.63) is 81.3 Å². The zero-order valence-corrected chi connectivity index (χ0v) is 12.8. The smallest absolute Gasteiger partial charge is 0.267 e. The maximum Gasteiger partial charge on any atom is 0.267 e. The number of para-hydroxylation sites is 3. The van der Waals surface area contributed by atoms with E-state index >= 15 is 0 Å². The van der Waals surface area contributed by atoms with Gasteiger partial charge in [-0.2, -0.15) is 5.26 Å². The van der Waals surface area contributed by atoms with Crippen LogP contribution < -0.4 is 10.8 Å². The molecule has 0 fully saturated rings. The Hall–Kier alpha value is -3.85. The lowest BCUT2D eigenvalue weighted by molar-refractivity contribution is 0.459. The zero-order chi connectivity index (χ0) is 17.6. The number of imidazole rings is 1. The molecule has 0 unspecified atom stereocenters. The summed E-state index contributed by atoms with van der Waals surface area (Å²) in [5, 5.41) is 29.9. The van der Waals surface area contributed by atoms with Gasteiger partial charge in [0.15, 0.2) is 5.65 Å². The third-order valence-corrected chi connectivity index (χ3v) is 4.06. The Balaban J connectivity index is 2.24. The van der Waals surface area contributed by atoms with Crippen LogP contribution in [0.2, 0.25) is 0 Å². The van der Waals surface area contributed by atoms with Crippen molar-refractivity contribution in [3.63, 3.8) is 0 Å². The number of rotatable bonds is 1. The van der Waals surface area contributed by atoms with Gasteiger partial charge in [-0.3, -0.25) is 9.20 Å². The normalized spacial score (nSPS) is 12.3. The average molecular weight is 329 g/mol. The lowest BCUT2D eigenvalue weighted by Gasteiger charge is -2.04. The molecular weight excluding hydrogens is 318 g/mol. The van der Waals surface area contributed by atoms with Crippen molar-refractivity contribution in [2.45, 2.75) is 0 Å². The molecule has 0 atom stereocenters. The van der Waals surface area contributed by atoms with Gasteiger partial charge in [0.25, 0.3) is 5.56 Å². The van der Waals surface area contributed by atoms with Gasteiger partial charge in [0, 0.05) is 0 Å². The fourth-order valence-corrected chi connectivity index (χ4v) is 2.87. The van der Waals surface area contributed by atoms with Gasteiger partial charge in [-0.25, -0.2) is 4.98 Å². The number of hydrogen-bond acceptors (Lipinski definition) is 5. The van der Waals surface area contributed by atoms with E-state index in [1.165, 1.54) is 22.6 Å². The molecule has 2 heterocycles. The zero-order valence-electron chi connectivity index (χ0n) is 12.8. The lowest BCUT2D eigenvalue weighted by Crippen LogP contribution is -2.33. The molecule has 6 nitrogen and oxygen atoms in total. The van der Waals surface area contributed by atoms with Crippen molar-refractivity contribution in [1.29, 1.82) is 5.26 Å². The van der Waals surface area contributed by atoms with Crippen LogP contribution in [0.25, 0.3) is 22.4 Å². The van der Waals surface area contributed by atoms with Gasteiger partial charge in [0.1, 0.15) is 17.6 Å². The van der Waals surface area contributed by atoms with Crippen molar-refractivity contribution in [2.24, 2.45) is 0 Å². The minimum Gasteiger partial charge on any atom is -0.507 e. The first-order chi connectivity index (χ1) is 12.1. The number of phenolic OH excluding ortho intramolecular Hbond substituents is 1. The predicted octanol–water partition coefficient (Wildman–Crippen LogP) is 1.86. The number of benzene rings is 2. The van der Waals surface area contributed by atoms with Gasteiger partial charge in [-0.15, -0.1) is 0 Å². The van der Waals surface area contributed by atoms with Crippen LogP contribution in [-0.4, -0.2) is 19.6 Å². The van der Waals surface area contributed by atoms with Crippen molar-refractivity contribution in [1.82, 2.24) is 9.38 Å². The fourth-order valence-electron chi connectivity index (χ4n) is 2.87. The molecule has 0 saturated heterocycles. The molecule has 0 aliphatic heterocycles. The Labute approximate surface area is 141 Å². The Morgan fingerprint density at radius 1 is 1.12 bits per heavy atom. The molecule has 0 amide bonds. The minimum absolute atomic E-state index is 0.0753.